The third-order valence-electron chi connectivity index (χ3n) is 5.71. The van der Waals surface area contributed by atoms with Crippen LogP contribution in [0.15, 0.2) is 23.2 Å². The first-order valence-corrected chi connectivity index (χ1v) is 10.3. The predicted octanol–water partition coefficient (Wildman–Crippen LogP) is 3.14. The molecule has 166 valence electrons. The molecule has 0 aliphatic carbocycles. The van der Waals surface area contributed by atoms with Crippen LogP contribution in [0.2, 0.25) is 0 Å². The number of aromatic nitrogens is 1. The number of ether oxygens (including phenoxy) is 4. The maximum atomic E-state index is 15.9. The SMILES string of the molecule is C=C[C@H]1COC(=O)N1c1noc2c(F)c(N3C[C@@H](C)O[C@H](C)C3)c(C3OCCO3)cc12. The van der Waals surface area contributed by atoms with Crippen LogP contribution >= 0.6 is 0 Å². The van der Waals surface area contributed by atoms with Gasteiger partial charge in [-0.25, -0.2) is 14.1 Å². The number of morpholine rings is 1. The molecule has 1 aromatic heterocycles. The maximum Gasteiger partial charge on any atom is 0.416 e. The largest absolute Gasteiger partial charge is 0.447 e. The minimum atomic E-state index is -0.731. The van der Waals surface area contributed by atoms with Crippen molar-refractivity contribution in [3.05, 3.63) is 30.1 Å². The normalized spacial score (nSPS) is 27.3. The molecule has 3 aliphatic heterocycles. The van der Waals surface area contributed by atoms with Gasteiger partial charge in [0.1, 0.15) is 6.61 Å². The summed E-state index contributed by atoms with van der Waals surface area (Å²) in [7, 11) is 0. The van der Waals surface area contributed by atoms with Gasteiger partial charge in [-0.3, -0.25) is 0 Å². The summed E-state index contributed by atoms with van der Waals surface area (Å²) in [5.74, 6) is -0.398. The number of anilines is 2. The van der Waals surface area contributed by atoms with Crippen LogP contribution in [0.25, 0.3) is 11.0 Å². The Morgan fingerprint density at radius 3 is 2.61 bits per heavy atom. The quantitative estimate of drug-likeness (QED) is 0.680. The van der Waals surface area contributed by atoms with Crippen LogP contribution in [0.5, 0.6) is 0 Å². The maximum absolute atomic E-state index is 15.9. The van der Waals surface area contributed by atoms with Crippen molar-refractivity contribution in [3.8, 4) is 0 Å². The summed E-state index contributed by atoms with van der Waals surface area (Å²) in [6.45, 7) is 9.60. The Labute approximate surface area is 178 Å². The average Bonchev–Trinajstić information content (AvgIpc) is 3.46. The number of carbonyl (C=O) groups excluding carboxylic acids is 1. The molecule has 10 heteroatoms. The number of hydrogen-bond donors (Lipinski definition) is 0. The van der Waals surface area contributed by atoms with Crippen LogP contribution in [-0.4, -0.2) is 62.4 Å². The fraction of sp³-hybridized carbons (Fsp3) is 0.524. The minimum absolute atomic E-state index is 0.0407. The van der Waals surface area contributed by atoms with Gasteiger partial charge in [0.05, 0.1) is 42.5 Å². The topological polar surface area (TPSA) is 86.5 Å². The molecule has 1 amide bonds. The Bertz CT molecular complexity index is 1010. The van der Waals surface area contributed by atoms with Gasteiger partial charge in [0.25, 0.3) is 0 Å². The molecule has 3 saturated heterocycles. The molecule has 31 heavy (non-hydrogen) atoms. The van der Waals surface area contributed by atoms with Crippen LogP contribution < -0.4 is 9.80 Å². The van der Waals surface area contributed by atoms with Gasteiger partial charge in [-0.15, -0.1) is 6.58 Å². The van der Waals surface area contributed by atoms with Crippen LogP contribution in [0.3, 0.4) is 0 Å². The highest BCUT2D eigenvalue weighted by Gasteiger charge is 2.38. The number of rotatable bonds is 4. The van der Waals surface area contributed by atoms with Gasteiger partial charge < -0.3 is 28.4 Å². The number of hydrogen-bond acceptors (Lipinski definition) is 8. The molecule has 4 heterocycles. The molecule has 3 aliphatic rings. The molecule has 3 fully saturated rings. The second-order valence-corrected chi connectivity index (χ2v) is 8.00. The fourth-order valence-electron chi connectivity index (χ4n) is 4.46. The fourth-order valence-corrected chi connectivity index (χ4v) is 4.46. The van der Waals surface area contributed by atoms with Gasteiger partial charge in [-0.2, -0.15) is 0 Å². The van der Waals surface area contributed by atoms with E-state index in [9.17, 15) is 4.79 Å². The van der Waals surface area contributed by atoms with E-state index in [1.165, 1.54) is 4.90 Å². The van der Waals surface area contributed by atoms with Crippen molar-refractivity contribution in [2.75, 3.05) is 42.7 Å². The van der Waals surface area contributed by atoms with E-state index in [0.717, 1.165) is 0 Å². The molecule has 0 unspecified atom stereocenters. The lowest BCUT2D eigenvalue weighted by Gasteiger charge is -2.38. The van der Waals surface area contributed by atoms with Crippen molar-refractivity contribution in [3.63, 3.8) is 0 Å². The van der Waals surface area contributed by atoms with E-state index in [1.54, 1.807) is 12.1 Å². The number of fused-ring (bicyclic) bond motifs is 1. The zero-order valence-electron chi connectivity index (χ0n) is 17.4. The Kier molecular flexibility index (Phi) is 5.07. The van der Waals surface area contributed by atoms with Gasteiger partial charge in [0.15, 0.2) is 17.9 Å². The monoisotopic (exact) mass is 433 g/mol. The second-order valence-electron chi connectivity index (χ2n) is 8.00. The standard InChI is InChI=1S/C21H24FN3O6/c1-4-13-10-29-21(26)25(13)19-15-7-14(20-27-5-6-28-20)17(16(22)18(15)31-23-19)24-8-11(2)30-12(3)9-24/h4,7,11-13,20H,1,5-6,8-10H2,2-3H3/t11-,12-,13+/m1/s1. The van der Waals surface area contributed by atoms with Crippen LogP contribution in [0.4, 0.5) is 20.7 Å². The minimum Gasteiger partial charge on any atom is -0.447 e. The van der Waals surface area contributed by atoms with E-state index in [2.05, 4.69) is 11.7 Å². The van der Waals surface area contributed by atoms with Crippen LogP contribution in [0, 0.1) is 5.82 Å². The molecule has 0 spiro atoms. The molecule has 2 aromatic rings. The zero-order valence-corrected chi connectivity index (χ0v) is 17.4. The van der Waals surface area contributed by atoms with Crippen LogP contribution in [0.1, 0.15) is 25.7 Å². The van der Waals surface area contributed by atoms with Gasteiger partial charge in [0.2, 0.25) is 5.58 Å². The van der Waals surface area contributed by atoms with Crippen LogP contribution in [-0.2, 0) is 18.9 Å². The number of amides is 1. The van der Waals surface area contributed by atoms with Crippen molar-refractivity contribution >= 4 is 28.6 Å². The zero-order chi connectivity index (χ0) is 21.7. The molecule has 9 nitrogen and oxygen atoms in total. The summed E-state index contributed by atoms with van der Waals surface area (Å²) in [5.41, 5.74) is 0.824. The van der Waals surface area contributed by atoms with Gasteiger partial charge >= 0.3 is 6.09 Å². The summed E-state index contributed by atoms with van der Waals surface area (Å²) < 4.78 is 43.7. The Morgan fingerprint density at radius 2 is 1.94 bits per heavy atom. The van der Waals surface area contributed by atoms with E-state index >= 15 is 4.39 Å². The predicted molar refractivity (Wildman–Crippen MR) is 109 cm³/mol. The van der Waals surface area contributed by atoms with E-state index in [-0.39, 0.29) is 30.2 Å². The first kappa shape index (κ1) is 20.2. The summed E-state index contributed by atoms with van der Waals surface area (Å²) in [5, 5.41) is 4.35. The van der Waals surface area contributed by atoms with Crippen molar-refractivity contribution in [2.45, 2.75) is 38.4 Å². The molecule has 0 N–H and O–H groups in total. The van der Waals surface area contributed by atoms with Crippen molar-refractivity contribution in [1.29, 1.82) is 0 Å². The van der Waals surface area contributed by atoms with Gasteiger partial charge in [0, 0.05) is 18.7 Å². The highest BCUT2D eigenvalue weighted by Crippen LogP contribution is 2.42. The molecule has 0 radical (unpaired) electrons. The van der Waals surface area contributed by atoms with Crippen molar-refractivity contribution in [2.24, 2.45) is 0 Å². The highest BCUT2D eigenvalue weighted by molar-refractivity contribution is 6.01. The van der Waals surface area contributed by atoms with Gasteiger partial charge in [-0.05, 0) is 19.9 Å². The molecule has 5 rings (SSSR count). The molecular weight excluding hydrogens is 409 g/mol. The summed E-state index contributed by atoms with van der Waals surface area (Å²) in [6, 6.07) is 1.30. The Balaban J connectivity index is 1.67. The van der Waals surface area contributed by atoms with E-state index in [1.807, 2.05) is 18.7 Å². The number of nitrogens with zero attached hydrogens (tertiary/aromatic N) is 3. The Morgan fingerprint density at radius 1 is 1.23 bits per heavy atom. The van der Waals surface area contributed by atoms with E-state index in [4.69, 9.17) is 23.5 Å². The smallest absolute Gasteiger partial charge is 0.416 e. The third-order valence-corrected chi connectivity index (χ3v) is 5.71. The lowest BCUT2D eigenvalue weighted by Crippen LogP contribution is -2.46. The number of halogens is 1. The highest BCUT2D eigenvalue weighted by atomic mass is 19.1. The summed E-state index contributed by atoms with van der Waals surface area (Å²) in [4.78, 5) is 15.5. The number of cyclic esters (lactones) is 1. The Hall–Kier alpha value is -2.69. The first-order chi connectivity index (χ1) is 15.0. The average molecular weight is 433 g/mol. The molecule has 3 atom stereocenters. The second kappa shape index (κ2) is 7.77. The summed E-state index contributed by atoms with van der Waals surface area (Å²) in [6.07, 6.45) is 0.114. The van der Waals surface area contributed by atoms with Crippen molar-refractivity contribution in [1.82, 2.24) is 5.16 Å². The third kappa shape index (κ3) is 3.35. The van der Waals surface area contributed by atoms with Gasteiger partial charge in [-0.1, -0.05) is 11.2 Å². The number of benzene rings is 1. The molecular formula is C21H24FN3O6. The van der Waals surface area contributed by atoms with Crippen molar-refractivity contribution < 1.29 is 32.7 Å². The molecule has 0 saturated carbocycles. The lowest BCUT2D eigenvalue weighted by molar-refractivity contribution is -0.0445. The van der Waals surface area contributed by atoms with E-state index < -0.39 is 24.2 Å². The van der Waals surface area contributed by atoms with E-state index in [0.29, 0.717) is 42.9 Å². The molecule has 1 aromatic carbocycles. The summed E-state index contributed by atoms with van der Waals surface area (Å²) >= 11 is 0. The lowest BCUT2D eigenvalue weighted by atomic mass is 10.0. The number of carbonyl (C=O) groups is 1. The first-order valence-electron chi connectivity index (χ1n) is 10.3. The molecule has 0 bridgehead atoms.